The number of aldehydes is 1. The Morgan fingerprint density at radius 3 is 2.11 bits per heavy atom. The van der Waals surface area contributed by atoms with Crippen molar-refractivity contribution in [1.29, 1.82) is 0 Å². The maximum Gasteiger partial charge on any atom is 1.00 e. The Bertz CT molecular complexity index is 336. The van der Waals surface area contributed by atoms with Gasteiger partial charge in [0.05, 0.1) is 6.61 Å². The van der Waals surface area contributed by atoms with Gasteiger partial charge in [-0.15, -0.1) is 0 Å². The number of hydrogen-bond donors (Lipinski definition) is 5. The normalized spacial score (nSPS) is 18.3. The summed E-state index contributed by atoms with van der Waals surface area (Å²) < 4.78 is 33.6. The van der Waals surface area contributed by atoms with Crippen molar-refractivity contribution in [3.05, 3.63) is 0 Å². The maximum atomic E-state index is 10.4. The van der Waals surface area contributed by atoms with E-state index in [0.717, 1.165) is 0 Å². The van der Waals surface area contributed by atoms with E-state index < -0.39 is 41.4 Å². The van der Waals surface area contributed by atoms with Gasteiger partial charge >= 0.3 is 29.6 Å². The Morgan fingerprint density at radius 2 is 1.78 bits per heavy atom. The molecule has 0 bridgehead atoms. The number of aliphatic hydroxyl groups excluding tert-OH is 4. The summed E-state index contributed by atoms with van der Waals surface area (Å²) in [5.41, 5.74) is 1.40. The molecule has 102 valence electrons. The smallest absolute Gasteiger partial charge is 0.724 e. The van der Waals surface area contributed by atoms with Crippen LogP contribution < -0.4 is 35.0 Å². The molecular weight excluding hydrogens is 285 g/mol. The van der Waals surface area contributed by atoms with Crippen LogP contribution in [0.15, 0.2) is 0 Å². The largest absolute Gasteiger partial charge is 1.00 e. The van der Waals surface area contributed by atoms with Crippen molar-refractivity contribution >= 4 is 16.7 Å². The molecule has 10 nitrogen and oxygen atoms in total. The Balaban J connectivity index is 0. The maximum absolute atomic E-state index is 10.4. The molecule has 0 fully saturated rings. The molecule has 0 amide bonds. The number of rotatable bonds is 8. The van der Waals surface area contributed by atoms with Gasteiger partial charge < -0.3 is 29.8 Å². The van der Waals surface area contributed by atoms with Gasteiger partial charge in [-0.25, -0.2) is 8.42 Å². The molecule has 0 aliphatic heterocycles. The molecule has 0 aromatic carbocycles. The predicted molar refractivity (Wildman–Crippen MR) is 48.9 cm³/mol. The van der Waals surface area contributed by atoms with Crippen LogP contribution in [0.4, 0.5) is 0 Å². The van der Waals surface area contributed by atoms with Crippen LogP contribution in [0.2, 0.25) is 0 Å². The van der Waals surface area contributed by atoms with Gasteiger partial charge in [-0.3, -0.25) is 0 Å². The first-order valence-electron chi connectivity index (χ1n) is 4.23. The van der Waals surface area contributed by atoms with Crippen LogP contribution in [-0.4, -0.2) is 70.6 Å². The van der Waals surface area contributed by atoms with E-state index in [1.165, 1.54) is 5.48 Å². The molecule has 0 radical (unpaired) electrons. The van der Waals surface area contributed by atoms with Crippen molar-refractivity contribution in [2.75, 3.05) is 6.61 Å². The summed E-state index contributed by atoms with van der Waals surface area (Å²) in [6.45, 7) is -0.898. The van der Waals surface area contributed by atoms with Gasteiger partial charge in [0.2, 0.25) is 10.4 Å². The van der Waals surface area contributed by atoms with Crippen LogP contribution in [0.5, 0.6) is 0 Å². The molecule has 0 rings (SSSR count). The summed E-state index contributed by atoms with van der Waals surface area (Å²) >= 11 is 0. The first-order chi connectivity index (χ1) is 7.72. The minimum absolute atomic E-state index is 0. The quantitative estimate of drug-likeness (QED) is 0.0950. The van der Waals surface area contributed by atoms with E-state index >= 15 is 0 Å². The van der Waals surface area contributed by atoms with Crippen molar-refractivity contribution in [2.24, 2.45) is 0 Å². The van der Waals surface area contributed by atoms with Gasteiger partial charge in [-0.05, 0) is 0 Å². The predicted octanol–water partition coefficient (Wildman–Crippen LogP) is -7.39. The third-order valence-corrected chi connectivity index (χ3v) is 2.03. The van der Waals surface area contributed by atoms with E-state index in [1.54, 1.807) is 0 Å². The van der Waals surface area contributed by atoms with Gasteiger partial charge in [-0.2, -0.15) is 9.76 Å². The van der Waals surface area contributed by atoms with Crippen molar-refractivity contribution in [3.63, 3.8) is 0 Å². The summed E-state index contributed by atoms with van der Waals surface area (Å²) in [5.74, 6) is 0. The van der Waals surface area contributed by atoms with E-state index in [4.69, 9.17) is 10.2 Å². The van der Waals surface area contributed by atoms with Crippen LogP contribution in [0.25, 0.3) is 0 Å². The molecule has 0 aromatic heterocycles. The summed E-state index contributed by atoms with van der Waals surface area (Å²) in [4.78, 5) is 10.4. The van der Waals surface area contributed by atoms with E-state index in [0.29, 0.717) is 0 Å². The zero-order valence-electron chi connectivity index (χ0n) is 9.33. The molecule has 4 unspecified atom stereocenters. The number of carbonyl (C=O) groups is 1. The second kappa shape index (κ2) is 9.28. The molecule has 0 aromatic rings. The van der Waals surface area contributed by atoms with Crippen molar-refractivity contribution in [3.8, 4) is 0 Å². The molecule has 0 aliphatic rings. The third-order valence-electron chi connectivity index (χ3n) is 1.73. The topological polar surface area (TPSA) is 176 Å². The molecule has 0 saturated heterocycles. The number of hydroxylamine groups is 1. The van der Waals surface area contributed by atoms with E-state index in [1.807, 2.05) is 0 Å². The molecule has 0 aliphatic carbocycles. The molecule has 0 heterocycles. The number of hydrogen-bond acceptors (Lipinski definition) is 10. The number of carbonyl (C=O) groups excluding carboxylic acids is 1. The minimum atomic E-state index is -5.14. The summed E-state index contributed by atoms with van der Waals surface area (Å²) in [6, 6.07) is -1.78. The van der Waals surface area contributed by atoms with Gasteiger partial charge in [0.1, 0.15) is 30.6 Å². The number of aliphatic hydroxyl groups is 4. The van der Waals surface area contributed by atoms with E-state index in [2.05, 4.69) is 4.28 Å². The average Bonchev–Trinajstić information content (AvgIpc) is 2.25. The summed E-state index contributed by atoms with van der Waals surface area (Å²) in [7, 11) is -5.14. The van der Waals surface area contributed by atoms with Gasteiger partial charge in [0.25, 0.3) is 0 Å². The van der Waals surface area contributed by atoms with E-state index in [-0.39, 0.29) is 35.8 Å². The molecular formula is C6H12NNaO9S. The van der Waals surface area contributed by atoms with Crippen LogP contribution in [0.1, 0.15) is 0 Å². The second-order valence-electron chi connectivity index (χ2n) is 3.00. The second-order valence-corrected chi connectivity index (χ2v) is 3.99. The molecule has 4 atom stereocenters. The molecule has 12 heteroatoms. The number of nitrogens with one attached hydrogen (secondary N) is 1. The zero-order chi connectivity index (χ0) is 13.6. The SMILES string of the molecule is O=CC(NOS(=O)(=O)[O-])C(O)C(O)C(O)CO.[Na+]. The average molecular weight is 297 g/mol. The fourth-order valence-electron chi connectivity index (χ4n) is 0.841. The first kappa shape index (κ1) is 20.7. The zero-order valence-corrected chi connectivity index (χ0v) is 12.1. The Labute approximate surface area is 125 Å². The van der Waals surface area contributed by atoms with Crippen LogP contribution in [-0.2, 0) is 19.5 Å². The van der Waals surface area contributed by atoms with Crippen LogP contribution >= 0.6 is 0 Å². The van der Waals surface area contributed by atoms with Crippen molar-refractivity contribution < 1.29 is 72.0 Å². The van der Waals surface area contributed by atoms with Crippen LogP contribution in [0.3, 0.4) is 0 Å². The molecule has 0 spiro atoms. The monoisotopic (exact) mass is 297 g/mol. The molecule has 5 N–H and O–H groups in total. The van der Waals surface area contributed by atoms with Crippen molar-refractivity contribution in [1.82, 2.24) is 5.48 Å². The van der Waals surface area contributed by atoms with Gasteiger partial charge in [0, 0.05) is 0 Å². The fourth-order valence-corrected chi connectivity index (χ4v) is 1.07. The van der Waals surface area contributed by atoms with Crippen molar-refractivity contribution in [2.45, 2.75) is 24.4 Å². The standard InChI is InChI=1S/C6H13NO9S.Na/c8-1-3(7-16-17(13,14)15)5(11)6(12)4(10)2-9;/h1,3-7,9-12H,2H2,(H,13,14,15);/q;+1/p-1. The molecule has 18 heavy (non-hydrogen) atoms. The summed E-state index contributed by atoms with van der Waals surface area (Å²) in [6.07, 6.45) is -5.74. The Hall–Kier alpha value is 0.340. The summed E-state index contributed by atoms with van der Waals surface area (Å²) in [5, 5.41) is 35.9. The minimum Gasteiger partial charge on any atom is -0.724 e. The first-order valence-corrected chi connectivity index (χ1v) is 5.56. The molecule has 0 saturated carbocycles. The van der Waals surface area contributed by atoms with E-state index in [9.17, 15) is 28.0 Å². The Kier molecular flexibility index (Phi) is 10.6. The fraction of sp³-hybridized carbons (Fsp3) is 0.833. The van der Waals surface area contributed by atoms with Crippen LogP contribution in [0, 0.1) is 0 Å². The van der Waals surface area contributed by atoms with Gasteiger partial charge in [-0.1, -0.05) is 0 Å². The van der Waals surface area contributed by atoms with Gasteiger partial charge in [0.15, 0.2) is 0 Å². The third kappa shape index (κ3) is 7.70. The Morgan fingerprint density at radius 1 is 1.28 bits per heavy atom.